The summed E-state index contributed by atoms with van der Waals surface area (Å²) in [6.45, 7) is 19.5. The van der Waals surface area contributed by atoms with E-state index in [0.29, 0.717) is 17.4 Å². The van der Waals surface area contributed by atoms with E-state index in [1.165, 1.54) is 16.0 Å². The van der Waals surface area contributed by atoms with Crippen LogP contribution in [0.15, 0.2) is 71.6 Å². The number of benzene rings is 3. The number of anilines is 1. The van der Waals surface area contributed by atoms with Gasteiger partial charge in [0.1, 0.15) is 5.75 Å². The molecular weight excluding hydrogens is 567 g/mol. The third-order valence-corrected chi connectivity index (χ3v) is 9.70. The van der Waals surface area contributed by atoms with Crippen LogP contribution in [0.1, 0.15) is 97.4 Å². The standard InChI is InChI=1S/C38H53NO2S2/c1-27(2)22-28(3)39(31-18-16-30(17-19-31)23-29-14-11-10-12-15-29)35(40)26-42-20-13-21-43-32-24-33(37(4,5)6)36(41)34(25-32)38(7,8)9/h10-12,14-19,24-25,27-28,41H,13,20-23,26H2,1-9H3. The maximum absolute atomic E-state index is 13.6. The van der Waals surface area contributed by atoms with Crippen LogP contribution in [0.2, 0.25) is 0 Å². The van der Waals surface area contributed by atoms with Gasteiger partial charge >= 0.3 is 0 Å². The molecule has 3 aromatic carbocycles. The molecule has 43 heavy (non-hydrogen) atoms. The summed E-state index contributed by atoms with van der Waals surface area (Å²) in [7, 11) is 0. The molecule has 234 valence electrons. The van der Waals surface area contributed by atoms with Gasteiger partial charge in [-0.3, -0.25) is 4.79 Å². The highest BCUT2D eigenvalue weighted by Crippen LogP contribution is 2.42. The molecule has 5 heteroatoms. The Hall–Kier alpha value is -2.37. The lowest BCUT2D eigenvalue weighted by molar-refractivity contribution is -0.116. The zero-order valence-electron chi connectivity index (χ0n) is 27.9. The molecule has 0 saturated carbocycles. The molecule has 3 rings (SSSR count). The molecule has 3 aromatic rings. The molecule has 1 N–H and O–H groups in total. The molecule has 0 spiro atoms. The lowest BCUT2D eigenvalue weighted by Crippen LogP contribution is -2.40. The van der Waals surface area contributed by atoms with Crippen molar-refractivity contribution < 1.29 is 9.90 Å². The summed E-state index contributed by atoms with van der Waals surface area (Å²) in [5.41, 5.74) is 5.29. The van der Waals surface area contributed by atoms with E-state index in [9.17, 15) is 9.90 Å². The van der Waals surface area contributed by atoms with E-state index < -0.39 is 0 Å². The number of carbonyl (C=O) groups is 1. The topological polar surface area (TPSA) is 40.5 Å². The van der Waals surface area contributed by atoms with E-state index in [1.54, 1.807) is 11.8 Å². The number of thioether (sulfide) groups is 2. The highest BCUT2D eigenvalue weighted by atomic mass is 32.2. The van der Waals surface area contributed by atoms with Crippen molar-refractivity contribution in [3.8, 4) is 5.75 Å². The Kier molecular flexibility index (Phi) is 12.7. The molecule has 0 aromatic heterocycles. The molecule has 0 saturated heterocycles. The van der Waals surface area contributed by atoms with Crippen LogP contribution in [0, 0.1) is 5.92 Å². The second-order valence-electron chi connectivity index (χ2n) is 14.2. The fourth-order valence-corrected chi connectivity index (χ4v) is 7.37. The van der Waals surface area contributed by atoms with Crippen LogP contribution in [-0.4, -0.2) is 34.3 Å². The first-order valence-corrected chi connectivity index (χ1v) is 17.8. The Balaban J connectivity index is 1.59. The summed E-state index contributed by atoms with van der Waals surface area (Å²) in [5.74, 6) is 3.54. The minimum atomic E-state index is -0.127. The van der Waals surface area contributed by atoms with Gasteiger partial charge in [-0.25, -0.2) is 0 Å². The number of phenolic OH excluding ortho intramolecular Hbond substituents is 1. The van der Waals surface area contributed by atoms with Crippen LogP contribution >= 0.6 is 23.5 Å². The van der Waals surface area contributed by atoms with Crippen LogP contribution in [0.3, 0.4) is 0 Å². The van der Waals surface area contributed by atoms with Crippen molar-refractivity contribution in [3.05, 3.63) is 89.0 Å². The van der Waals surface area contributed by atoms with Gasteiger partial charge in [-0.05, 0) is 89.8 Å². The van der Waals surface area contributed by atoms with Crippen LogP contribution in [0.4, 0.5) is 5.69 Å². The number of hydrogen-bond donors (Lipinski definition) is 1. The second-order valence-corrected chi connectivity index (χ2v) is 16.5. The number of phenols is 1. The van der Waals surface area contributed by atoms with Crippen molar-refractivity contribution in [1.29, 1.82) is 0 Å². The maximum atomic E-state index is 13.6. The average Bonchev–Trinajstić information content (AvgIpc) is 2.91. The van der Waals surface area contributed by atoms with Gasteiger partial charge in [0.15, 0.2) is 0 Å². The quantitative estimate of drug-likeness (QED) is 0.153. The average molecular weight is 620 g/mol. The predicted molar refractivity (Wildman–Crippen MR) is 190 cm³/mol. The third-order valence-electron chi connectivity index (χ3n) is 7.61. The first-order valence-electron chi connectivity index (χ1n) is 15.7. The molecule has 0 heterocycles. The Labute approximate surface area is 270 Å². The van der Waals surface area contributed by atoms with Crippen molar-refractivity contribution in [2.24, 2.45) is 5.92 Å². The summed E-state index contributed by atoms with van der Waals surface area (Å²) in [6.07, 6.45) is 2.89. The SMILES string of the molecule is CC(C)CC(C)N(C(=O)CSCCCSc1cc(C(C)(C)C)c(O)c(C(C)(C)C)c1)c1ccc(Cc2ccccc2)cc1. The molecule has 0 aliphatic carbocycles. The molecule has 1 atom stereocenters. The van der Waals surface area contributed by atoms with Gasteiger partial charge in [-0.1, -0.05) is 97.9 Å². The first kappa shape index (κ1) is 35.1. The fraction of sp³-hybridized carbons (Fsp3) is 0.500. The molecule has 0 aliphatic rings. The Morgan fingerprint density at radius 3 is 1.91 bits per heavy atom. The van der Waals surface area contributed by atoms with Crippen LogP contribution in [-0.2, 0) is 22.0 Å². The van der Waals surface area contributed by atoms with Gasteiger partial charge in [0.2, 0.25) is 5.91 Å². The zero-order valence-corrected chi connectivity index (χ0v) is 29.5. The first-order chi connectivity index (χ1) is 20.2. The Bertz CT molecular complexity index is 1270. The van der Waals surface area contributed by atoms with E-state index in [4.69, 9.17) is 0 Å². The number of aromatic hydroxyl groups is 1. The van der Waals surface area contributed by atoms with Gasteiger partial charge < -0.3 is 10.0 Å². The molecular formula is C38H53NO2S2. The number of nitrogens with zero attached hydrogens (tertiary/aromatic N) is 1. The van der Waals surface area contributed by atoms with Crippen molar-refractivity contribution in [2.45, 2.75) is 103 Å². The summed E-state index contributed by atoms with van der Waals surface area (Å²) in [5, 5.41) is 11.0. The van der Waals surface area contributed by atoms with Gasteiger partial charge in [0.05, 0.1) is 5.75 Å². The molecule has 0 aliphatic heterocycles. The minimum absolute atomic E-state index is 0.127. The highest BCUT2D eigenvalue weighted by molar-refractivity contribution is 8.00. The summed E-state index contributed by atoms with van der Waals surface area (Å²) in [6, 6.07) is 23.5. The number of hydrogen-bond acceptors (Lipinski definition) is 4. The third kappa shape index (κ3) is 10.6. The molecule has 0 radical (unpaired) electrons. The van der Waals surface area contributed by atoms with Gasteiger partial charge in [-0.15, -0.1) is 11.8 Å². The maximum Gasteiger partial charge on any atom is 0.237 e. The summed E-state index contributed by atoms with van der Waals surface area (Å²) < 4.78 is 0. The molecule has 0 fully saturated rings. The van der Waals surface area contributed by atoms with Crippen LogP contribution < -0.4 is 4.90 Å². The smallest absolute Gasteiger partial charge is 0.237 e. The van der Waals surface area contributed by atoms with E-state index >= 15 is 0 Å². The van der Waals surface area contributed by atoms with E-state index in [2.05, 4.69) is 123 Å². The number of carbonyl (C=O) groups excluding carboxylic acids is 1. The van der Waals surface area contributed by atoms with Gasteiger partial charge in [0, 0.05) is 27.8 Å². The van der Waals surface area contributed by atoms with Crippen molar-refractivity contribution in [1.82, 2.24) is 0 Å². The molecule has 0 bridgehead atoms. The lowest BCUT2D eigenvalue weighted by Gasteiger charge is -2.31. The minimum Gasteiger partial charge on any atom is -0.507 e. The predicted octanol–water partition coefficient (Wildman–Crippen LogP) is 10.3. The van der Waals surface area contributed by atoms with Gasteiger partial charge in [0.25, 0.3) is 0 Å². The van der Waals surface area contributed by atoms with Crippen molar-refractivity contribution in [3.63, 3.8) is 0 Å². The molecule has 1 amide bonds. The Morgan fingerprint density at radius 1 is 0.814 bits per heavy atom. The highest BCUT2D eigenvalue weighted by Gasteiger charge is 2.27. The van der Waals surface area contributed by atoms with E-state index in [-0.39, 0.29) is 22.8 Å². The molecule has 3 nitrogen and oxygen atoms in total. The zero-order chi connectivity index (χ0) is 31.8. The second kappa shape index (κ2) is 15.6. The van der Waals surface area contributed by atoms with E-state index in [1.807, 2.05) is 22.7 Å². The number of rotatable bonds is 13. The Morgan fingerprint density at radius 2 is 1.37 bits per heavy atom. The fourth-order valence-electron chi connectivity index (χ4n) is 5.45. The summed E-state index contributed by atoms with van der Waals surface area (Å²) in [4.78, 5) is 16.8. The van der Waals surface area contributed by atoms with Crippen LogP contribution in [0.25, 0.3) is 0 Å². The van der Waals surface area contributed by atoms with Gasteiger partial charge in [-0.2, -0.15) is 11.8 Å². The summed E-state index contributed by atoms with van der Waals surface area (Å²) >= 11 is 3.58. The van der Waals surface area contributed by atoms with Crippen molar-refractivity contribution in [2.75, 3.05) is 22.2 Å². The van der Waals surface area contributed by atoms with Crippen molar-refractivity contribution >= 4 is 35.1 Å². The largest absolute Gasteiger partial charge is 0.507 e. The lowest BCUT2D eigenvalue weighted by atomic mass is 9.79. The number of amides is 1. The molecule has 1 unspecified atom stereocenters. The van der Waals surface area contributed by atoms with E-state index in [0.717, 1.165) is 47.6 Å². The monoisotopic (exact) mass is 619 g/mol. The normalized spacial score (nSPS) is 12.9. The van der Waals surface area contributed by atoms with Crippen LogP contribution in [0.5, 0.6) is 5.75 Å².